The number of nitrogens with zero attached hydrogens (tertiary/aromatic N) is 7. The summed E-state index contributed by atoms with van der Waals surface area (Å²) < 4.78 is 29.4. The third-order valence-electron chi connectivity index (χ3n) is 8.15. The van der Waals surface area contributed by atoms with Crippen molar-refractivity contribution in [1.29, 1.82) is 0 Å². The smallest absolute Gasteiger partial charge is 0.273 e. The summed E-state index contributed by atoms with van der Waals surface area (Å²) in [6.45, 7) is 1.17. The van der Waals surface area contributed by atoms with Gasteiger partial charge in [0.05, 0.1) is 41.5 Å². The Morgan fingerprint density at radius 1 is 1.00 bits per heavy atom. The number of benzene rings is 1. The largest absolute Gasteiger partial charge is 0.366 e. The van der Waals surface area contributed by atoms with Gasteiger partial charge in [-0.3, -0.25) is 19.3 Å². The van der Waals surface area contributed by atoms with Crippen LogP contribution < -0.4 is 20.9 Å². The predicted molar refractivity (Wildman–Crippen MR) is 162 cm³/mol. The molecule has 44 heavy (non-hydrogen) atoms. The van der Waals surface area contributed by atoms with E-state index in [4.69, 9.17) is 0 Å². The Morgan fingerprint density at radius 2 is 1.82 bits per heavy atom. The lowest BCUT2D eigenvalue weighted by Crippen LogP contribution is -2.51. The van der Waals surface area contributed by atoms with E-state index >= 15 is 0 Å². The predicted octanol–water partition coefficient (Wildman–Crippen LogP) is 2.38. The second-order valence-corrected chi connectivity index (χ2v) is 13.1. The fraction of sp³-hybridized carbons (Fsp3) is 0.310. The summed E-state index contributed by atoms with van der Waals surface area (Å²) in [6, 6.07) is 10.5. The molecule has 3 aromatic heterocycles. The molecule has 2 amide bonds. The van der Waals surface area contributed by atoms with Gasteiger partial charge >= 0.3 is 0 Å². The van der Waals surface area contributed by atoms with E-state index in [2.05, 4.69) is 41.1 Å². The Kier molecular flexibility index (Phi) is 6.77. The number of carbonyl (C=O) groups is 2. The highest BCUT2D eigenvalue weighted by Gasteiger charge is 2.40. The number of carbonyl (C=O) groups excluding carboxylic acids is 2. The van der Waals surface area contributed by atoms with Crippen LogP contribution in [0.25, 0.3) is 11.1 Å². The molecule has 0 radical (unpaired) electrons. The van der Waals surface area contributed by atoms with E-state index in [9.17, 15) is 18.0 Å². The van der Waals surface area contributed by atoms with E-state index in [1.807, 2.05) is 36.1 Å². The summed E-state index contributed by atoms with van der Waals surface area (Å²) in [4.78, 5) is 31.2. The van der Waals surface area contributed by atoms with Crippen molar-refractivity contribution in [2.75, 3.05) is 42.7 Å². The third kappa shape index (κ3) is 4.83. The van der Waals surface area contributed by atoms with Crippen LogP contribution in [0.15, 0.2) is 59.9 Å². The van der Waals surface area contributed by atoms with Crippen molar-refractivity contribution < 1.29 is 18.0 Å². The molecular weight excluding hydrogens is 584 g/mol. The van der Waals surface area contributed by atoms with Crippen molar-refractivity contribution in [2.24, 2.45) is 5.92 Å². The van der Waals surface area contributed by atoms with E-state index in [-0.39, 0.29) is 34.3 Å². The van der Waals surface area contributed by atoms with Gasteiger partial charge in [-0.1, -0.05) is 12.1 Å². The lowest BCUT2D eigenvalue weighted by Gasteiger charge is -2.39. The Morgan fingerprint density at radius 3 is 2.55 bits per heavy atom. The maximum absolute atomic E-state index is 13.0. The first-order valence-electron chi connectivity index (χ1n) is 14.2. The molecule has 4 aromatic rings. The molecule has 226 valence electrons. The second kappa shape index (κ2) is 10.7. The van der Waals surface area contributed by atoms with E-state index in [0.717, 1.165) is 41.0 Å². The van der Waals surface area contributed by atoms with Gasteiger partial charge in [-0.05, 0) is 31.0 Å². The van der Waals surface area contributed by atoms with Gasteiger partial charge in [-0.2, -0.15) is 9.40 Å². The van der Waals surface area contributed by atoms with Crippen molar-refractivity contribution in [3.8, 4) is 11.1 Å². The van der Waals surface area contributed by atoms with Gasteiger partial charge in [0, 0.05) is 62.7 Å². The minimum atomic E-state index is -3.62. The molecule has 1 saturated carbocycles. The highest BCUT2D eigenvalue weighted by Crippen LogP contribution is 2.45. The van der Waals surface area contributed by atoms with Gasteiger partial charge in [0.15, 0.2) is 11.5 Å². The summed E-state index contributed by atoms with van der Waals surface area (Å²) >= 11 is 0. The summed E-state index contributed by atoms with van der Waals surface area (Å²) in [5.41, 5.74) is 5.01. The molecule has 1 saturated heterocycles. The number of anilines is 4. The zero-order valence-corrected chi connectivity index (χ0v) is 24.9. The Bertz CT molecular complexity index is 1890. The number of nitrogens with one attached hydrogen (secondary N) is 3. The fourth-order valence-corrected chi connectivity index (χ4v) is 7.11. The van der Waals surface area contributed by atoms with Crippen LogP contribution >= 0.6 is 0 Å². The highest BCUT2D eigenvalue weighted by molar-refractivity contribution is 7.89. The zero-order valence-electron chi connectivity index (χ0n) is 24.1. The monoisotopic (exact) mass is 614 g/mol. The molecule has 1 aromatic carbocycles. The third-order valence-corrected chi connectivity index (χ3v) is 9.96. The molecule has 5 heterocycles. The average Bonchev–Trinajstić information content (AvgIpc) is 3.78. The maximum Gasteiger partial charge on any atom is 0.273 e. The molecule has 1 aliphatic carbocycles. The molecule has 0 atom stereocenters. The summed E-state index contributed by atoms with van der Waals surface area (Å²) in [7, 11) is -0.130. The molecular formula is C29H30N10O4S. The van der Waals surface area contributed by atoms with Crippen molar-refractivity contribution in [1.82, 2.24) is 34.6 Å². The molecule has 2 fully saturated rings. The van der Waals surface area contributed by atoms with Crippen molar-refractivity contribution >= 4 is 44.7 Å². The van der Waals surface area contributed by atoms with Crippen molar-refractivity contribution in [3.05, 3.63) is 66.4 Å². The minimum absolute atomic E-state index is 0.00898. The fourth-order valence-electron chi connectivity index (χ4n) is 5.63. The van der Waals surface area contributed by atoms with Crippen LogP contribution in [0.3, 0.4) is 0 Å². The number of sulfonamides is 1. The number of hydrogen-bond acceptors (Lipinski definition) is 10. The molecule has 2 aliphatic heterocycles. The molecule has 15 heteroatoms. The molecule has 0 unspecified atom stereocenters. The quantitative estimate of drug-likeness (QED) is 0.268. The Balaban J connectivity index is 1.16. The normalized spacial score (nSPS) is 16.5. The van der Waals surface area contributed by atoms with Crippen molar-refractivity contribution in [3.63, 3.8) is 0 Å². The lowest BCUT2D eigenvalue weighted by atomic mass is 9.97. The van der Waals surface area contributed by atoms with E-state index in [0.29, 0.717) is 25.3 Å². The van der Waals surface area contributed by atoms with Crippen LogP contribution in [-0.2, 0) is 21.4 Å². The van der Waals surface area contributed by atoms with E-state index < -0.39 is 15.9 Å². The molecule has 3 aliphatic rings. The summed E-state index contributed by atoms with van der Waals surface area (Å²) in [6.07, 6.45) is 6.43. The van der Waals surface area contributed by atoms with Gasteiger partial charge in [0.2, 0.25) is 15.9 Å². The zero-order chi connectivity index (χ0) is 30.6. The standard InChI is InChI=1S/C29H30N10O4S/c1-30-29(41)26-23(11-25(35-36-26)34-28(40)17-8-9-17)33-22-7-3-6-20-21-13-32-39(24(21)16-37(2)27(20)22)18-14-38(15-18)44(42,43)19-5-4-10-31-12-19/h3-7,10-13,17-18H,8-9,14-16H2,1-2H3,(H,30,41)(H2,33,34,35,40). The topological polar surface area (TPSA) is 167 Å². The number of para-hydroxylation sites is 1. The lowest BCUT2D eigenvalue weighted by molar-refractivity contribution is -0.117. The van der Waals surface area contributed by atoms with Gasteiger partial charge in [-0.25, -0.2) is 8.42 Å². The first-order valence-corrected chi connectivity index (χ1v) is 15.7. The molecule has 3 N–H and O–H groups in total. The number of aromatic nitrogens is 5. The van der Waals surface area contributed by atoms with Crippen molar-refractivity contribution in [2.45, 2.75) is 30.3 Å². The minimum Gasteiger partial charge on any atom is -0.366 e. The second-order valence-electron chi connectivity index (χ2n) is 11.1. The Labute approximate surface area is 253 Å². The van der Waals surface area contributed by atoms with Crippen LogP contribution in [0.4, 0.5) is 22.9 Å². The van der Waals surface area contributed by atoms with Crippen LogP contribution in [0.1, 0.15) is 35.1 Å². The molecule has 7 rings (SSSR count). The van der Waals surface area contributed by atoms with Gasteiger partial charge < -0.3 is 20.9 Å². The summed E-state index contributed by atoms with van der Waals surface area (Å²) in [5, 5.41) is 21.6. The molecule has 0 bridgehead atoms. The average molecular weight is 615 g/mol. The first kappa shape index (κ1) is 27.9. The highest BCUT2D eigenvalue weighted by atomic mass is 32.2. The summed E-state index contributed by atoms with van der Waals surface area (Å²) in [5.74, 6) is -0.269. The van der Waals surface area contributed by atoms with Crippen LogP contribution in [0.5, 0.6) is 0 Å². The van der Waals surface area contributed by atoms with Crippen LogP contribution in [0, 0.1) is 5.92 Å². The maximum atomic E-state index is 13.0. The number of fused-ring (bicyclic) bond motifs is 3. The van der Waals surface area contributed by atoms with E-state index in [1.165, 1.54) is 17.5 Å². The SMILES string of the molecule is CNC(=O)c1nnc(NC(=O)C2CC2)cc1Nc1cccc2c1N(C)Cc1c-2cnn1C1CN(S(=O)(=O)c2cccnc2)C1. The van der Waals surface area contributed by atoms with Crippen LogP contribution in [0.2, 0.25) is 0 Å². The van der Waals surface area contributed by atoms with Crippen LogP contribution in [-0.4, -0.2) is 76.7 Å². The Hall–Kier alpha value is -4.89. The number of hydrogen-bond donors (Lipinski definition) is 3. The number of pyridine rings is 1. The van der Waals surface area contributed by atoms with Gasteiger partial charge in [0.25, 0.3) is 5.91 Å². The molecule has 14 nitrogen and oxygen atoms in total. The number of amides is 2. The van der Waals surface area contributed by atoms with E-state index in [1.54, 1.807) is 24.4 Å². The number of rotatable bonds is 8. The van der Waals surface area contributed by atoms with Gasteiger partial charge in [0.1, 0.15) is 4.90 Å². The first-order chi connectivity index (χ1) is 21.2. The molecule has 0 spiro atoms. The van der Waals surface area contributed by atoms with Gasteiger partial charge in [-0.15, -0.1) is 10.2 Å².